The Bertz CT molecular complexity index is 584. The summed E-state index contributed by atoms with van der Waals surface area (Å²) in [6, 6.07) is 6.96. The number of aryl methyl sites for hydroxylation is 1. The van der Waals surface area contributed by atoms with Gasteiger partial charge < -0.3 is 5.32 Å². The van der Waals surface area contributed by atoms with Crippen molar-refractivity contribution in [3.05, 3.63) is 41.1 Å². The number of nitrogens with one attached hydrogen (secondary N) is 1. The third-order valence-electron chi connectivity index (χ3n) is 5.95. The summed E-state index contributed by atoms with van der Waals surface area (Å²) in [4.78, 5) is 2.58. The highest BCUT2D eigenvalue weighted by Crippen LogP contribution is 2.41. The second-order valence-corrected chi connectivity index (χ2v) is 8.26. The number of benzene rings is 1. The zero-order valence-corrected chi connectivity index (χ0v) is 16.5. The van der Waals surface area contributed by atoms with Gasteiger partial charge in [0.15, 0.2) is 0 Å². The van der Waals surface area contributed by atoms with E-state index in [1.165, 1.54) is 74.1 Å². The van der Waals surface area contributed by atoms with Crippen LogP contribution in [0.25, 0.3) is 0 Å². The zero-order chi connectivity index (χ0) is 17.6. The van der Waals surface area contributed by atoms with Crippen LogP contribution in [0.5, 0.6) is 0 Å². The molecule has 0 spiro atoms. The third-order valence-corrected chi connectivity index (χ3v) is 5.95. The second-order valence-electron chi connectivity index (χ2n) is 8.26. The van der Waals surface area contributed by atoms with Crippen LogP contribution in [0, 0.1) is 18.8 Å². The molecule has 1 aliphatic heterocycles. The first-order valence-corrected chi connectivity index (χ1v) is 10.4. The highest BCUT2D eigenvalue weighted by Gasteiger charge is 2.31. The lowest BCUT2D eigenvalue weighted by Crippen LogP contribution is -2.18. The Morgan fingerprint density at radius 2 is 2.04 bits per heavy atom. The van der Waals surface area contributed by atoms with Crippen molar-refractivity contribution in [2.24, 2.45) is 11.8 Å². The van der Waals surface area contributed by atoms with Crippen molar-refractivity contribution in [2.75, 3.05) is 18.4 Å². The minimum Gasteiger partial charge on any atom is -0.359 e. The predicted octanol–water partition coefficient (Wildman–Crippen LogP) is 6.12. The van der Waals surface area contributed by atoms with Gasteiger partial charge in [-0.05, 0) is 94.0 Å². The average Bonchev–Trinajstić information content (AvgIpc) is 3.07. The highest BCUT2D eigenvalue weighted by atomic mass is 15.1. The molecule has 1 aromatic rings. The Morgan fingerprint density at radius 1 is 1.28 bits per heavy atom. The fourth-order valence-electron chi connectivity index (χ4n) is 4.09. The van der Waals surface area contributed by atoms with E-state index in [2.05, 4.69) is 55.3 Å². The molecule has 1 aromatic carbocycles. The summed E-state index contributed by atoms with van der Waals surface area (Å²) in [5, 5.41) is 3.76. The fourth-order valence-corrected chi connectivity index (χ4v) is 4.09. The fraction of sp³-hybridized carbons (Fsp3) is 0.652. The van der Waals surface area contributed by atoms with E-state index in [-0.39, 0.29) is 0 Å². The number of likely N-dealkylation sites (tertiary alicyclic amines) is 1. The number of hydrogen-bond donors (Lipinski definition) is 1. The number of nitrogens with zero attached hydrogens (tertiary/aromatic N) is 1. The molecule has 2 nitrogen and oxygen atoms in total. The van der Waals surface area contributed by atoms with E-state index in [0.717, 1.165) is 24.8 Å². The largest absolute Gasteiger partial charge is 0.359 e. The van der Waals surface area contributed by atoms with Gasteiger partial charge in [0.2, 0.25) is 0 Å². The molecular formula is C23H36N2. The van der Waals surface area contributed by atoms with Crippen LogP contribution >= 0.6 is 0 Å². The highest BCUT2D eigenvalue weighted by molar-refractivity contribution is 5.56. The number of anilines is 1. The van der Waals surface area contributed by atoms with Crippen molar-refractivity contribution in [3.8, 4) is 0 Å². The topological polar surface area (TPSA) is 15.3 Å². The Hall–Kier alpha value is -1.28. The van der Waals surface area contributed by atoms with Gasteiger partial charge in [-0.15, -0.1) is 0 Å². The lowest BCUT2D eigenvalue weighted by atomic mass is 10.1. The molecule has 2 fully saturated rings. The molecule has 2 unspecified atom stereocenters. The summed E-state index contributed by atoms with van der Waals surface area (Å²) in [6.07, 6.45) is 11.6. The molecule has 0 amide bonds. The summed E-state index contributed by atoms with van der Waals surface area (Å²) < 4.78 is 0. The van der Waals surface area contributed by atoms with Gasteiger partial charge in [-0.3, -0.25) is 4.90 Å². The summed E-state index contributed by atoms with van der Waals surface area (Å²) in [5.74, 6) is 1.99. The summed E-state index contributed by atoms with van der Waals surface area (Å²) in [5.41, 5.74) is 5.51. The monoisotopic (exact) mass is 340 g/mol. The van der Waals surface area contributed by atoms with Crippen molar-refractivity contribution in [2.45, 2.75) is 72.3 Å². The van der Waals surface area contributed by atoms with E-state index in [1.807, 2.05) is 0 Å². The molecule has 0 radical (unpaired) electrons. The second kappa shape index (κ2) is 8.89. The quantitative estimate of drug-likeness (QED) is 0.582. The molecule has 2 aliphatic rings. The average molecular weight is 341 g/mol. The van der Waals surface area contributed by atoms with Crippen LogP contribution < -0.4 is 5.32 Å². The molecule has 1 saturated carbocycles. The summed E-state index contributed by atoms with van der Waals surface area (Å²) in [7, 11) is 0. The molecule has 25 heavy (non-hydrogen) atoms. The van der Waals surface area contributed by atoms with Crippen molar-refractivity contribution in [1.82, 2.24) is 4.90 Å². The molecule has 3 rings (SSSR count). The van der Waals surface area contributed by atoms with Gasteiger partial charge in [0, 0.05) is 17.9 Å². The smallest absolute Gasteiger partial charge is 0.0414 e. The van der Waals surface area contributed by atoms with Crippen molar-refractivity contribution < 1.29 is 0 Å². The zero-order valence-electron chi connectivity index (χ0n) is 16.5. The van der Waals surface area contributed by atoms with Crippen molar-refractivity contribution >= 4 is 5.69 Å². The molecule has 2 heteroatoms. The van der Waals surface area contributed by atoms with E-state index in [0.29, 0.717) is 0 Å². The van der Waals surface area contributed by atoms with Crippen LogP contribution in [0.4, 0.5) is 5.69 Å². The lowest BCUT2D eigenvalue weighted by molar-refractivity contribution is 0.331. The molecule has 1 saturated heterocycles. The van der Waals surface area contributed by atoms with E-state index in [4.69, 9.17) is 0 Å². The standard InChI is InChI=1S/C23H36N2/c1-4-8-22(10-7-9-21-15-19(21)3)24-23-16-20(12-11-18(23)2)17-25-13-5-6-14-25/h8,11-12,16,19,21,24H,4-7,9-10,13-15,17H2,1-3H3. The molecule has 0 bridgehead atoms. The van der Waals surface area contributed by atoms with Crippen molar-refractivity contribution in [3.63, 3.8) is 0 Å². The molecule has 0 aromatic heterocycles. The van der Waals surface area contributed by atoms with Gasteiger partial charge in [0.05, 0.1) is 0 Å². The molecule has 1 aliphatic carbocycles. The molecular weight excluding hydrogens is 304 g/mol. The maximum atomic E-state index is 3.76. The first kappa shape index (κ1) is 18.5. The van der Waals surface area contributed by atoms with Gasteiger partial charge in [0.1, 0.15) is 0 Å². The van der Waals surface area contributed by atoms with Crippen LogP contribution in [0.3, 0.4) is 0 Å². The van der Waals surface area contributed by atoms with Crippen LogP contribution in [0.1, 0.15) is 69.9 Å². The number of allylic oxidation sites excluding steroid dienone is 2. The van der Waals surface area contributed by atoms with Crippen molar-refractivity contribution in [1.29, 1.82) is 0 Å². The Labute approximate surface area is 154 Å². The van der Waals surface area contributed by atoms with E-state index in [9.17, 15) is 0 Å². The van der Waals surface area contributed by atoms with E-state index >= 15 is 0 Å². The summed E-state index contributed by atoms with van der Waals surface area (Å²) >= 11 is 0. The Balaban J connectivity index is 1.58. The first-order valence-electron chi connectivity index (χ1n) is 10.4. The van der Waals surface area contributed by atoms with E-state index in [1.54, 1.807) is 0 Å². The Morgan fingerprint density at radius 3 is 2.72 bits per heavy atom. The van der Waals surface area contributed by atoms with Crippen LogP contribution in [-0.2, 0) is 6.54 Å². The van der Waals surface area contributed by atoms with Gasteiger partial charge in [-0.25, -0.2) is 0 Å². The van der Waals surface area contributed by atoms with Crippen LogP contribution in [0.15, 0.2) is 30.0 Å². The van der Waals surface area contributed by atoms with Gasteiger partial charge >= 0.3 is 0 Å². The summed E-state index contributed by atoms with van der Waals surface area (Å²) in [6.45, 7) is 10.5. The molecule has 2 atom stereocenters. The maximum absolute atomic E-state index is 3.76. The first-order chi connectivity index (χ1) is 12.2. The minimum absolute atomic E-state index is 0.982. The lowest BCUT2D eigenvalue weighted by Gasteiger charge is -2.18. The SMILES string of the molecule is CCC=C(CCCC1CC1C)Nc1cc(CN2CCCC2)ccc1C. The van der Waals surface area contributed by atoms with Gasteiger partial charge in [-0.1, -0.05) is 32.1 Å². The predicted molar refractivity (Wildman–Crippen MR) is 109 cm³/mol. The normalized spacial score (nSPS) is 23.9. The third kappa shape index (κ3) is 5.60. The van der Waals surface area contributed by atoms with E-state index < -0.39 is 0 Å². The Kier molecular flexibility index (Phi) is 6.58. The number of rotatable bonds is 9. The number of hydrogen-bond acceptors (Lipinski definition) is 2. The van der Waals surface area contributed by atoms with Crippen LogP contribution in [0.2, 0.25) is 0 Å². The van der Waals surface area contributed by atoms with Gasteiger partial charge in [-0.2, -0.15) is 0 Å². The molecule has 1 N–H and O–H groups in total. The maximum Gasteiger partial charge on any atom is 0.0414 e. The molecule has 1 heterocycles. The minimum atomic E-state index is 0.982. The van der Waals surface area contributed by atoms with Gasteiger partial charge in [0.25, 0.3) is 0 Å². The molecule has 138 valence electrons. The van der Waals surface area contributed by atoms with Crippen LogP contribution in [-0.4, -0.2) is 18.0 Å².